The highest BCUT2D eigenvalue weighted by molar-refractivity contribution is 5.65. The van der Waals surface area contributed by atoms with Gasteiger partial charge in [0.15, 0.2) is 5.82 Å². The summed E-state index contributed by atoms with van der Waals surface area (Å²) in [6.07, 6.45) is 3.25. The predicted octanol–water partition coefficient (Wildman–Crippen LogP) is 6.09. The zero-order chi connectivity index (χ0) is 20.3. The molecule has 0 fully saturated rings. The van der Waals surface area contributed by atoms with Crippen LogP contribution in [0.2, 0.25) is 0 Å². The molecule has 148 valence electrons. The number of aryl methyl sites for hydroxylation is 1. The number of hydrogen-bond acceptors (Lipinski definition) is 3. The summed E-state index contributed by atoms with van der Waals surface area (Å²) in [5.74, 6) is 2.04. The van der Waals surface area contributed by atoms with E-state index in [2.05, 4.69) is 54.6 Å². The molecule has 1 heterocycles. The lowest BCUT2D eigenvalue weighted by atomic mass is 9.82. The molecule has 1 aliphatic carbocycles. The van der Waals surface area contributed by atoms with Gasteiger partial charge in [-0.15, -0.1) is 0 Å². The first-order chi connectivity index (χ1) is 14.8. The van der Waals surface area contributed by atoms with Crippen molar-refractivity contribution in [2.24, 2.45) is 0 Å². The van der Waals surface area contributed by atoms with Crippen molar-refractivity contribution in [2.45, 2.75) is 25.2 Å². The molecule has 4 aromatic rings. The van der Waals surface area contributed by atoms with Crippen LogP contribution in [-0.4, -0.2) is 17.1 Å². The van der Waals surface area contributed by atoms with Crippen LogP contribution in [0.5, 0.6) is 5.75 Å². The van der Waals surface area contributed by atoms with Gasteiger partial charge in [0.05, 0.1) is 12.8 Å². The first kappa shape index (κ1) is 18.6. The summed E-state index contributed by atoms with van der Waals surface area (Å²) < 4.78 is 5.32. The van der Waals surface area contributed by atoms with Gasteiger partial charge in [-0.05, 0) is 60.7 Å². The lowest BCUT2D eigenvalue weighted by molar-refractivity contribution is 0.415. The topological polar surface area (TPSA) is 35.0 Å². The number of hydrogen-bond donors (Lipinski definition) is 0. The fraction of sp³-hybridized carbons (Fsp3) is 0.185. The van der Waals surface area contributed by atoms with Gasteiger partial charge >= 0.3 is 0 Å². The van der Waals surface area contributed by atoms with Crippen molar-refractivity contribution in [3.8, 4) is 28.4 Å². The lowest BCUT2D eigenvalue weighted by Gasteiger charge is -2.25. The average Bonchev–Trinajstić information content (AvgIpc) is 2.84. The first-order valence-corrected chi connectivity index (χ1v) is 10.5. The summed E-state index contributed by atoms with van der Waals surface area (Å²) in [7, 11) is 1.69. The van der Waals surface area contributed by atoms with Crippen LogP contribution in [0.1, 0.15) is 29.2 Å². The lowest BCUT2D eigenvalue weighted by Crippen LogP contribution is -2.14. The van der Waals surface area contributed by atoms with Crippen LogP contribution in [-0.2, 0) is 12.8 Å². The zero-order valence-electron chi connectivity index (χ0n) is 17.1. The van der Waals surface area contributed by atoms with Crippen molar-refractivity contribution < 1.29 is 4.74 Å². The number of benzene rings is 3. The quantitative estimate of drug-likeness (QED) is 0.421. The molecular weight excluding hydrogens is 368 g/mol. The Bertz CT molecular complexity index is 1150. The van der Waals surface area contributed by atoms with Crippen molar-refractivity contribution in [3.63, 3.8) is 0 Å². The van der Waals surface area contributed by atoms with Crippen LogP contribution >= 0.6 is 0 Å². The third-order valence-corrected chi connectivity index (χ3v) is 5.93. The van der Waals surface area contributed by atoms with Gasteiger partial charge in [0.2, 0.25) is 0 Å². The van der Waals surface area contributed by atoms with Gasteiger partial charge in [0.1, 0.15) is 5.75 Å². The highest BCUT2D eigenvalue weighted by Gasteiger charge is 2.22. The fourth-order valence-electron chi connectivity index (χ4n) is 4.25. The number of aromatic nitrogens is 2. The molecule has 1 unspecified atom stereocenters. The van der Waals surface area contributed by atoms with E-state index in [0.717, 1.165) is 53.4 Å². The molecule has 0 bridgehead atoms. The molecule has 1 atom stereocenters. The van der Waals surface area contributed by atoms with Crippen LogP contribution in [0.15, 0.2) is 84.9 Å². The summed E-state index contributed by atoms with van der Waals surface area (Å²) in [5, 5.41) is 0. The van der Waals surface area contributed by atoms with Gasteiger partial charge in [0.25, 0.3) is 0 Å². The molecule has 3 heteroatoms. The van der Waals surface area contributed by atoms with E-state index in [4.69, 9.17) is 14.7 Å². The van der Waals surface area contributed by atoms with Crippen molar-refractivity contribution in [2.75, 3.05) is 7.11 Å². The molecule has 0 amide bonds. The largest absolute Gasteiger partial charge is 0.497 e. The number of ether oxygens (including phenoxy) is 1. The maximum atomic E-state index is 5.32. The van der Waals surface area contributed by atoms with E-state index >= 15 is 0 Å². The molecule has 3 nitrogen and oxygen atoms in total. The second-order valence-corrected chi connectivity index (χ2v) is 7.80. The minimum Gasteiger partial charge on any atom is -0.497 e. The number of nitrogens with zero attached hydrogens (tertiary/aromatic N) is 2. The molecule has 0 saturated carbocycles. The first-order valence-electron chi connectivity index (χ1n) is 10.5. The molecule has 5 rings (SSSR count). The van der Waals surface area contributed by atoms with Crippen LogP contribution in [0.4, 0.5) is 0 Å². The Morgan fingerprint density at radius 2 is 1.50 bits per heavy atom. The molecule has 0 aliphatic heterocycles. The molecule has 3 aromatic carbocycles. The predicted molar refractivity (Wildman–Crippen MR) is 121 cm³/mol. The third kappa shape index (κ3) is 3.71. The van der Waals surface area contributed by atoms with Crippen molar-refractivity contribution in [1.82, 2.24) is 9.97 Å². The average molecular weight is 393 g/mol. The van der Waals surface area contributed by atoms with E-state index in [1.165, 1.54) is 11.1 Å². The number of rotatable bonds is 4. The van der Waals surface area contributed by atoms with E-state index < -0.39 is 0 Å². The monoisotopic (exact) mass is 392 g/mol. The van der Waals surface area contributed by atoms with Gasteiger partial charge in [0, 0.05) is 22.7 Å². The molecule has 1 aromatic heterocycles. The van der Waals surface area contributed by atoms with E-state index in [1.807, 2.05) is 30.3 Å². The van der Waals surface area contributed by atoms with Crippen molar-refractivity contribution in [1.29, 1.82) is 0 Å². The Hall–Kier alpha value is -3.46. The Morgan fingerprint density at radius 1 is 0.767 bits per heavy atom. The van der Waals surface area contributed by atoms with Gasteiger partial charge in [-0.2, -0.15) is 0 Å². The maximum Gasteiger partial charge on any atom is 0.160 e. The Morgan fingerprint density at radius 3 is 2.27 bits per heavy atom. The van der Waals surface area contributed by atoms with Crippen molar-refractivity contribution >= 4 is 0 Å². The standard InChI is InChI=1S/C27H24N2O/c1-30-24-15-13-20(14-16-24)25-18-26(29-27(28-25)21-8-3-2-4-9-21)23-12-11-19-7-5-6-10-22(19)17-23/h2-10,13-16,18,23H,11-12,17H2,1H3. The second kappa shape index (κ2) is 8.11. The van der Waals surface area contributed by atoms with Gasteiger partial charge < -0.3 is 4.74 Å². The molecule has 0 saturated heterocycles. The van der Waals surface area contributed by atoms with Crippen LogP contribution < -0.4 is 4.74 Å². The summed E-state index contributed by atoms with van der Waals surface area (Å²) in [5.41, 5.74) is 7.13. The zero-order valence-corrected chi connectivity index (χ0v) is 17.1. The van der Waals surface area contributed by atoms with Gasteiger partial charge in [-0.3, -0.25) is 0 Å². The van der Waals surface area contributed by atoms with E-state index in [0.29, 0.717) is 5.92 Å². The number of methoxy groups -OCH3 is 1. The minimum absolute atomic E-state index is 0.405. The van der Waals surface area contributed by atoms with Gasteiger partial charge in [-0.1, -0.05) is 54.6 Å². The van der Waals surface area contributed by atoms with E-state index in [1.54, 1.807) is 7.11 Å². The summed E-state index contributed by atoms with van der Waals surface area (Å²) >= 11 is 0. The molecular formula is C27H24N2O. The molecule has 30 heavy (non-hydrogen) atoms. The maximum absolute atomic E-state index is 5.32. The van der Waals surface area contributed by atoms with E-state index in [-0.39, 0.29) is 0 Å². The third-order valence-electron chi connectivity index (χ3n) is 5.93. The fourth-order valence-corrected chi connectivity index (χ4v) is 4.25. The smallest absolute Gasteiger partial charge is 0.160 e. The highest BCUT2D eigenvalue weighted by Crippen LogP contribution is 2.34. The van der Waals surface area contributed by atoms with E-state index in [9.17, 15) is 0 Å². The molecule has 0 spiro atoms. The second-order valence-electron chi connectivity index (χ2n) is 7.80. The summed E-state index contributed by atoms with van der Waals surface area (Å²) in [6.45, 7) is 0. The minimum atomic E-state index is 0.405. The van der Waals surface area contributed by atoms with Crippen molar-refractivity contribution in [3.05, 3.63) is 102 Å². The summed E-state index contributed by atoms with van der Waals surface area (Å²) in [6, 6.07) is 29.3. The van der Waals surface area contributed by atoms with Gasteiger partial charge in [-0.25, -0.2) is 9.97 Å². The van der Waals surface area contributed by atoms with Crippen LogP contribution in [0.25, 0.3) is 22.6 Å². The Labute approximate surface area is 177 Å². The summed E-state index contributed by atoms with van der Waals surface area (Å²) in [4.78, 5) is 9.94. The molecule has 0 N–H and O–H groups in total. The number of fused-ring (bicyclic) bond motifs is 1. The molecule has 0 radical (unpaired) electrons. The van der Waals surface area contributed by atoms with Crippen LogP contribution in [0, 0.1) is 0 Å². The Balaban J connectivity index is 1.58. The Kier molecular flexibility index (Phi) is 5.02. The van der Waals surface area contributed by atoms with Crippen LogP contribution in [0.3, 0.4) is 0 Å². The molecule has 1 aliphatic rings. The normalized spacial score (nSPS) is 15.4. The SMILES string of the molecule is COc1ccc(-c2cc(C3CCc4ccccc4C3)nc(-c3ccccc3)n2)cc1. The highest BCUT2D eigenvalue weighted by atomic mass is 16.5.